The molecule has 2 aromatic carbocycles. The summed E-state index contributed by atoms with van der Waals surface area (Å²) in [4.78, 5) is 36.7. The third-order valence-corrected chi connectivity index (χ3v) is 4.04. The number of anilines is 2. The summed E-state index contributed by atoms with van der Waals surface area (Å²) in [6.07, 6.45) is 0.708. The molecule has 0 fully saturated rings. The van der Waals surface area contributed by atoms with E-state index in [4.69, 9.17) is 4.74 Å². The number of hydrogen-bond acceptors (Lipinski definition) is 4. The Morgan fingerprint density at radius 3 is 2.44 bits per heavy atom. The van der Waals surface area contributed by atoms with Gasteiger partial charge in [-0.05, 0) is 23.8 Å². The largest absolute Gasteiger partial charge is 0.465 e. The molecule has 0 aromatic heterocycles. The Morgan fingerprint density at radius 1 is 1.00 bits per heavy atom. The molecule has 0 saturated carbocycles. The van der Waals surface area contributed by atoms with Crippen molar-refractivity contribution in [3.8, 4) is 0 Å². The number of carbonyl (C=O) groups is 3. The zero-order valence-corrected chi connectivity index (χ0v) is 15.6. The minimum atomic E-state index is -0.397. The van der Waals surface area contributed by atoms with Gasteiger partial charge in [0.1, 0.15) is 0 Å². The minimum Gasteiger partial charge on any atom is -0.465 e. The minimum absolute atomic E-state index is 0.0215. The van der Waals surface area contributed by atoms with Crippen LogP contribution in [0, 0.1) is 0 Å². The van der Waals surface area contributed by atoms with E-state index in [1.807, 2.05) is 30.3 Å². The van der Waals surface area contributed by atoms with Gasteiger partial charge in [-0.3, -0.25) is 14.4 Å². The van der Waals surface area contributed by atoms with E-state index >= 15 is 0 Å². The van der Waals surface area contributed by atoms with Crippen molar-refractivity contribution in [2.75, 3.05) is 23.9 Å². The molecule has 2 rings (SSSR count). The highest BCUT2D eigenvalue weighted by Gasteiger charge is 2.10. The second-order valence-corrected chi connectivity index (χ2v) is 6.13. The Hall–Kier alpha value is -3.15. The van der Waals surface area contributed by atoms with Crippen LogP contribution in [0.25, 0.3) is 0 Å². The summed E-state index contributed by atoms with van der Waals surface area (Å²) < 4.78 is 5.16. The maximum Gasteiger partial charge on any atom is 0.306 e. The SMILES string of the molecule is CC(=O)N(C)c1cccc(NC(=O)CCC(=O)OCCc2ccccc2)c1. The van der Waals surface area contributed by atoms with E-state index in [9.17, 15) is 14.4 Å². The van der Waals surface area contributed by atoms with Crippen LogP contribution in [0.2, 0.25) is 0 Å². The van der Waals surface area contributed by atoms with Crippen molar-refractivity contribution < 1.29 is 19.1 Å². The van der Waals surface area contributed by atoms with Crippen LogP contribution >= 0.6 is 0 Å². The van der Waals surface area contributed by atoms with E-state index < -0.39 is 5.97 Å². The molecule has 0 spiro atoms. The molecular formula is C21H24N2O4. The Bertz CT molecular complexity index is 790. The molecule has 2 aromatic rings. The first kappa shape index (κ1) is 20.2. The molecule has 0 heterocycles. The lowest BCUT2D eigenvalue weighted by Crippen LogP contribution is -2.23. The number of nitrogens with one attached hydrogen (secondary N) is 1. The summed E-state index contributed by atoms with van der Waals surface area (Å²) in [6.45, 7) is 1.76. The topological polar surface area (TPSA) is 75.7 Å². The first-order chi connectivity index (χ1) is 13.0. The van der Waals surface area contributed by atoms with Crippen molar-refractivity contribution in [2.45, 2.75) is 26.2 Å². The van der Waals surface area contributed by atoms with Gasteiger partial charge in [0.05, 0.1) is 13.0 Å². The lowest BCUT2D eigenvalue weighted by molar-refractivity contribution is -0.144. The predicted octanol–water partition coefficient (Wildman–Crippen LogP) is 3.17. The third kappa shape index (κ3) is 6.93. The van der Waals surface area contributed by atoms with Gasteiger partial charge in [0, 0.05) is 38.2 Å². The fourth-order valence-electron chi connectivity index (χ4n) is 2.41. The second-order valence-electron chi connectivity index (χ2n) is 6.13. The van der Waals surface area contributed by atoms with Crippen LogP contribution in [0.3, 0.4) is 0 Å². The first-order valence-corrected chi connectivity index (χ1v) is 8.79. The normalized spacial score (nSPS) is 10.1. The number of nitrogens with zero attached hydrogens (tertiary/aromatic N) is 1. The molecule has 0 aliphatic rings. The Morgan fingerprint density at radius 2 is 1.74 bits per heavy atom. The molecule has 1 N–H and O–H groups in total. The van der Waals surface area contributed by atoms with Crippen molar-refractivity contribution >= 4 is 29.2 Å². The number of hydrogen-bond donors (Lipinski definition) is 1. The van der Waals surface area contributed by atoms with Gasteiger partial charge in [-0.15, -0.1) is 0 Å². The molecule has 0 unspecified atom stereocenters. The number of benzene rings is 2. The highest BCUT2D eigenvalue weighted by Crippen LogP contribution is 2.18. The van der Waals surface area contributed by atoms with Crippen LogP contribution in [0.1, 0.15) is 25.3 Å². The number of rotatable bonds is 8. The fourth-order valence-corrected chi connectivity index (χ4v) is 2.41. The molecule has 6 nitrogen and oxygen atoms in total. The number of ether oxygens (including phenoxy) is 1. The van der Waals surface area contributed by atoms with Crippen LogP contribution in [-0.4, -0.2) is 31.4 Å². The van der Waals surface area contributed by atoms with Crippen molar-refractivity contribution in [2.24, 2.45) is 0 Å². The smallest absolute Gasteiger partial charge is 0.306 e. The molecule has 0 radical (unpaired) electrons. The van der Waals surface area contributed by atoms with Gasteiger partial charge in [0.25, 0.3) is 0 Å². The van der Waals surface area contributed by atoms with E-state index in [-0.39, 0.29) is 24.7 Å². The Balaban J connectivity index is 1.73. The van der Waals surface area contributed by atoms with Crippen molar-refractivity contribution in [3.63, 3.8) is 0 Å². The first-order valence-electron chi connectivity index (χ1n) is 8.79. The van der Waals surface area contributed by atoms with Crippen molar-refractivity contribution in [1.29, 1.82) is 0 Å². The third-order valence-electron chi connectivity index (χ3n) is 4.04. The molecule has 0 saturated heterocycles. The van der Waals surface area contributed by atoms with Crippen molar-refractivity contribution in [1.82, 2.24) is 0 Å². The van der Waals surface area contributed by atoms with Crippen LogP contribution in [0.4, 0.5) is 11.4 Å². The lowest BCUT2D eigenvalue weighted by atomic mass is 10.2. The van der Waals surface area contributed by atoms with Crippen LogP contribution in [0.5, 0.6) is 0 Å². The van der Waals surface area contributed by atoms with Gasteiger partial charge in [0.2, 0.25) is 11.8 Å². The van der Waals surface area contributed by atoms with E-state index in [2.05, 4.69) is 5.32 Å². The zero-order valence-electron chi connectivity index (χ0n) is 15.6. The number of carbonyl (C=O) groups excluding carboxylic acids is 3. The quantitative estimate of drug-likeness (QED) is 0.726. The van der Waals surface area contributed by atoms with Gasteiger partial charge in [-0.25, -0.2) is 0 Å². The van der Waals surface area contributed by atoms with E-state index in [1.54, 1.807) is 31.3 Å². The van der Waals surface area contributed by atoms with Gasteiger partial charge in [-0.2, -0.15) is 0 Å². The van der Waals surface area contributed by atoms with E-state index in [0.29, 0.717) is 24.4 Å². The van der Waals surface area contributed by atoms with E-state index in [1.165, 1.54) is 11.8 Å². The average molecular weight is 368 g/mol. The van der Waals surface area contributed by atoms with Crippen LogP contribution in [0.15, 0.2) is 54.6 Å². The standard InChI is InChI=1S/C21H24N2O4/c1-16(24)23(2)19-10-6-9-18(15-19)22-20(25)11-12-21(26)27-14-13-17-7-4-3-5-8-17/h3-10,15H,11-14H2,1-2H3,(H,22,25). The molecule has 0 aliphatic heterocycles. The summed E-state index contributed by atoms with van der Waals surface area (Å²) in [7, 11) is 1.66. The highest BCUT2D eigenvalue weighted by atomic mass is 16.5. The van der Waals surface area contributed by atoms with E-state index in [0.717, 1.165) is 5.56 Å². The maximum absolute atomic E-state index is 12.0. The van der Waals surface area contributed by atoms with Gasteiger partial charge >= 0.3 is 5.97 Å². The van der Waals surface area contributed by atoms with Crippen molar-refractivity contribution in [3.05, 3.63) is 60.2 Å². The zero-order chi connectivity index (χ0) is 19.6. The summed E-state index contributed by atoms with van der Waals surface area (Å²) in [5.41, 5.74) is 2.35. The molecule has 6 heteroatoms. The van der Waals surface area contributed by atoms with Crippen LogP contribution in [-0.2, 0) is 25.5 Å². The summed E-state index contributed by atoms with van der Waals surface area (Å²) in [6, 6.07) is 16.7. The number of amides is 2. The second kappa shape index (κ2) is 10.1. The molecule has 0 bridgehead atoms. The molecule has 142 valence electrons. The monoisotopic (exact) mass is 368 g/mol. The molecule has 0 atom stereocenters. The Kier molecular flexibility index (Phi) is 7.55. The average Bonchev–Trinajstić information content (AvgIpc) is 2.67. The molecule has 0 aliphatic carbocycles. The van der Waals surface area contributed by atoms with Gasteiger partial charge < -0.3 is 15.0 Å². The Labute approximate surface area is 159 Å². The lowest BCUT2D eigenvalue weighted by Gasteiger charge is -2.16. The van der Waals surface area contributed by atoms with Crippen LogP contribution < -0.4 is 10.2 Å². The summed E-state index contributed by atoms with van der Waals surface area (Å²) in [5, 5.41) is 2.73. The highest BCUT2D eigenvalue weighted by molar-refractivity contribution is 5.95. The summed E-state index contributed by atoms with van der Waals surface area (Å²) >= 11 is 0. The van der Waals surface area contributed by atoms with Gasteiger partial charge in [0.15, 0.2) is 0 Å². The maximum atomic E-state index is 12.0. The summed E-state index contributed by atoms with van der Waals surface area (Å²) in [5.74, 6) is -0.777. The molecule has 27 heavy (non-hydrogen) atoms. The van der Waals surface area contributed by atoms with Gasteiger partial charge in [-0.1, -0.05) is 36.4 Å². The molecule has 2 amide bonds. The fraction of sp³-hybridized carbons (Fsp3) is 0.286. The molecular weight excluding hydrogens is 344 g/mol. The number of esters is 1. The predicted molar refractivity (Wildman–Crippen MR) is 104 cm³/mol.